The van der Waals surface area contributed by atoms with Crippen molar-refractivity contribution in [2.24, 2.45) is 0 Å². The number of benzene rings is 4. The molecule has 0 radical (unpaired) electrons. The SMILES string of the molecule is CN(Cc1ccccc1)C(=O)S[C@]1(c2ccccc2)C(=O)N(c2ccccc2)[C@H]1c1ccc([N+](=O)[O-])cc1. The van der Waals surface area contributed by atoms with Crippen LogP contribution in [-0.4, -0.2) is 28.0 Å². The number of amides is 2. The number of non-ortho nitro benzene ring substituents is 1. The van der Waals surface area contributed by atoms with Crippen molar-refractivity contribution in [1.82, 2.24) is 4.90 Å². The molecule has 0 bridgehead atoms. The summed E-state index contributed by atoms with van der Waals surface area (Å²) in [6.45, 7) is 0.399. The zero-order valence-electron chi connectivity index (χ0n) is 20.6. The van der Waals surface area contributed by atoms with E-state index < -0.39 is 15.7 Å². The van der Waals surface area contributed by atoms with Gasteiger partial charge < -0.3 is 9.80 Å². The summed E-state index contributed by atoms with van der Waals surface area (Å²) in [4.78, 5) is 42.0. The van der Waals surface area contributed by atoms with E-state index in [0.29, 0.717) is 23.4 Å². The zero-order valence-corrected chi connectivity index (χ0v) is 21.5. The van der Waals surface area contributed by atoms with Crippen molar-refractivity contribution in [1.29, 1.82) is 0 Å². The van der Waals surface area contributed by atoms with E-state index in [1.807, 2.05) is 91.0 Å². The number of β-lactam (4-membered cyclic amide) rings is 1. The van der Waals surface area contributed by atoms with E-state index in [9.17, 15) is 19.7 Å². The molecule has 38 heavy (non-hydrogen) atoms. The van der Waals surface area contributed by atoms with Crippen LogP contribution in [0.2, 0.25) is 0 Å². The molecule has 8 heteroatoms. The Morgan fingerprint density at radius 3 is 2.03 bits per heavy atom. The van der Waals surface area contributed by atoms with Gasteiger partial charge in [0.2, 0.25) is 0 Å². The van der Waals surface area contributed by atoms with E-state index in [2.05, 4.69) is 0 Å². The molecule has 0 saturated carbocycles. The Balaban J connectivity index is 1.59. The third-order valence-corrected chi connectivity index (χ3v) is 8.10. The number of nitro groups is 1. The second-order valence-electron chi connectivity index (χ2n) is 9.07. The number of nitrogens with zero attached hydrogens (tertiary/aromatic N) is 3. The Morgan fingerprint density at radius 1 is 0.895 bits per heavy atom. The van der Waals surface area contributed by atoms with Gasteiger partial charge in [0.15, 0.2) is 4.75 Å². The van der Waals surface area contributed by atoms with Crippen LogP contribution in [0.25, 0.3) is 0 Å². The van der Waals surface area contributed by atoms with E-state index >= 15 is 0 Å². The van der Waals surface area contributed by atoms with Crippen molar-refractivity contribution in [3.8, 4) is 0 Å². The lowest BCUT2D eigenvalue weighted by Gasteiger charge is -2.55. The third-order valence-electron chi connectivity index (χ3n) is 6.66. The van der Waals surface area contributed by atoms with Gasteiger partial charge in [-0.15, -0.1) is 0 Å². The Morgan fingerprint density at radius 2 is 1.45 bits per heavy atom. The van der Waals surface area contributed by atoms with Crippen molar-refractivity contribution in [2.75, 3.05) is 11.9 Å². The molecule has 0 unspecified atom stereocenters. The van der Waals surface area contributed by atoms with Gasteiger partial charge in [0, 0.05) is 31.4 Å². The minimum absolute atomic E-state index is 0.0395. The van der Waals surface area contributed by atoms with Crippen LogP contribution in [0.15, 0.2) is 115 Å². The number of nitro benzene ring substituents is 1. The molecule has 4 aromatic rings. The summed E-state index contributed by atoms with van der Waals surface area (Å²) < 4.78 is -1.25. The van der Waals surface area contributed by atoms with E-state index in [-0.39, 0.29) is 16.8 Å². The van der Waals surface area contributed by atoms with Crippen molar-refractivity contribution >= 4 is 34.3 Å². The molecule has 1 fully saturated rings. The normalized spacial score (nSPS) is 18.5. The van der Waals surface area contributed by atoms with E-state index in [1.54, 1.807) is 29.0 Å². The highest BCUT2D eigenvalue weighted by Crippen LogP contribution is 2.60. The van der Waals surface area contributed by atoms with Gasteiger partial charge >= 0.3 is 0 Å². The Hall–Kier alpha value is -4.43. The van der Waals surface area contributed by atoms with Gasteiger partial charge in [-0.1, -0.05) is 91.0 Å². The molecule has 0 spiro atoms. The highest BCUT2D eigenvalue weighted by Gasteiger charge is 2.64. The summed E-state index contributed by atoms with van der Waals surface area (Å²) in [5.41, 5.74) is 3.04. The van der Waals surface area contributed by atoms with Crippen LogP contribution in [0.3, 0.4) is 0 Å². The quantitative estimate of drug-likeness (QED) is 0.156. The fourth-order valence-electron chi connectivity index (χ4n) is 4.81. The fourth-order valence-corrected chi connectivity index (χ4v) is 6.10. The maximum Gasteiger partial charge on any atom is 0.283 e. The maximum atomic E-state index is 14.2. The molecule has 1 aliphatic rings. The van der Waals surface area contributed by atoms with E-state index in [1.165, 1.54) is 12.1 Å². The first-order chi connectivity index (χ1) is 18.4. The lowest BCUT2D eigenvalue weighted by Crippen LogP contribution is -2.65. The number of carbonyl (C=O) groups is 2. The first-order valence-corrected chi connectivity index (χ1v) is 12.9. The number of hydrogen-bond acceptors (Lipinski definition) is 5. The van der Waals surface area contributed by atoms with E-state index in [0.717, 1.165) is 17.3 Å². The second kappa shape index (κ2) is 10.5. The standard InChI is InChI=1S/C30H25N3O4S/c1-31(21-22-11-5-2-6-12-22)29(35)38-30(24-13-7-3-8-14-24)27(23-17-19-26(20-18-23)33(36)37)32(28(30)34)25-15-9-4-10-16-25/h2-20,27H,21H2,1H3/t27-,30-/m0/s1. The number of carbonyl (C=O) groups excluding carboxylic acids is 2. The van der Waals surface area contributed by atoms with Gasteiger partial charge in [-0.05, 0) is 40.6 Å². The minimum atomic E-state index is -1.25. The summed E-state index contributed by atoms with van der Waals surface area (Å²) in [7, 11) is 1.72. The largest absolute Gasteiger partial charge is 0.332 e. The van der Waals surface area contributed by atoms with Gasteiger partial charge in [0.25, 0.3) is 16.8 Å². The van der Waals surface area contributed by atoms with Crippen LogP contribution in [-0.2, 0) is 16.1 Å². The van der Waals surface area contributed by atoms with E-state index in [4.69, 9.17) is 0 Å². The zero-order chi connectivity index (χ0) is 26.7. The lowest BCUT2D eigenvalue weighted by molar-refractivity contribution is -0.384. The van der Waals surface area contributed by atoms with Crippen molar-refractivity contribution in [2.45, 2.75) is 17.3 Å². The molecule has 0 N–H and O–H groups in total. The number of anilines is 1. The van der Waals surface area contributed by atoms with Crippen LogP contribution in [0, 0.1) is 10.1 Å². The molecule has 5 rings (SSSR count). The molecular formula is C30H25N3O4S. The first-order valence-electron chi connectivity index (χ1n) is 12.1. The second-order valence-corrected chi connectivity index (χ2v) is 10.3. The molecule has 1 saturated heterocycles. The number of rotatable bonds is 7. The van der Waals surface area contributed by atoms with Crippen molar-refractivity contribution in [3.63, 3.8) is 0 Å². The predicted octanol–water partition coefficient (Wildman–Crippen LogP) is 6.56. The summed E-state index contributed by atoms with van der Waals surface area (Å²) in [5.74, 6) is -0.218. The predicted molar refractivity (Wildman–Crippen MR) is 149 cm³/mol. The van der Waals surface area contributed by atoms with Gasteiger partial charge in [0.1, 0.15) is 0 Å². The molecule has 190 valence electrons. The fraction of sp³-hybridized carbons (Fsp3) is 0.133. The monoisotopic (exact) mass is 523 g/mol. The molecule has 1 heterocycles. The Kier molecular flexibility index (Phi) is 6.98. The first kappa shape index (κ1) is 25.2. The molecule has 0 aromatic heterocycles. The Labute approximate surface area is 224 Å². The average Bonchev–Trinajstić information content (AvgIpc) is 2.95. The van der Waals surface area contributed by atoms with Crippen molar-refractivity contribution < 1.29 is 14.5 Å². The lowest BCUT2D eigenvalue weighted by atomic mass is 9.76. The van der Waals surface area contributed by atoms with Crippen LogP contribution in [0.4, 0.5) is 16.2 Å². The van der Waals surface area contributed by atoms with Gasteiger partial charge in [0.05, 0.1) is 11.0 Å². The highest BCUT2D eigenvalue weighted by molar-refractivity contribution is 8.15. The highest BCUT2D eigenvalue weighted by atomic mass is 32.2. The van der Waals surface area contributed by atoms with Gasteiger partial charge in [-0.25, -0.2) is 0 Å². The maximum absolute atomic E-state index is 14.2. The number of hydrogen-bond donors (Lipinski definition) is 0. The number of para-hydroxylation sites is 1. The van der Waals surface area contributed by atoms with Crippen LogP contribution >= 0.6 is 11.8 Å². The molecule has 2 amide bonds. The van der Waals surface area contributed by atoms with Crippen molar-refractivity contribution in [3.05, 3.63) is 142 Å². The molecular weight excluding hydrogens is 498 g/mol. The summed E-state index contributed by atoms with van der Waals surface area (Å²) in [5, 5.41) is 11.1. The smallest absolute Gasteiger partial charge is 0.283 e. The van der Waals surface area contributed by atoms with Gasteiger partial charge in [-0.3, -0.25) is 19.7 Å². The average molecular weight is 524 g/mol. The van der Waals surface area contributed by atoms with Crippen LogP contribution in [0.5, 0.6) is 0 Å². The summed E-state index contributed by atoms with van der Waals surface area (Å²) >= 11 is 0.996. The third kappa shape index (κ3) is 4.54. The molecule has 7 nitrogen and oxygen atoms in total. The van der Waals surface area contributed by atoms with Crippen LogP contribution < -0.4 is 4.90 Å². The van der Waals surface area contributed by atoms with Gasteiger partial charge in [-0.2, -0.15) is 0 Å². The number of thioether (sulfide) groups is 1. The van der Waals surface area contributed by atoms with Crippen LogP contribution in [0.1, 0.15) is 22.7 Å². The summed E-state index contributed by atoms with van der Waals surface area (Å²) in [6.07, 6.45) is 0. The Bertz CT molecular complexity index is 1450. The minimum Gasteiger partial charge on any atom is -0.332 e. The molecule has 1 aliphatic heterocycles. The molecule has 4 aromatic carbocycles. The topological polar surface area (TPSA) is 83.8 Å². The molecule has 0 aliphatic carbocycles. The summed E-state index contributed by atoms with van der Waals surface area (Å²) in [6, 6.07) is 33.8. The molecule has 2 atom stereocenters.